The van der Waals surface area contributed by atoms with Crippen LogP contribution in [0.5, 0.6) is 0 Å². The summed E-state index contributed by atoms with van der Waals surface area (Å²) in [7, 11) is 0. The van der Waals surface area contributed by atoms with Gasteiger partial charge in [0.2, 0.25) is 0 Å². The van der Waals surface area contributed by atoms with Gasteiger partial charge in [0.15, 0.2) is 0 Å². The van der Waals surface area contributed by atoms with Crippen LogP contribution in [0.4, 0.5) is 0 Å². The van der Waals surface area contributed by atoms with Crippen LogP contribution in [-0.2, 0) is 5.54 Å². The van der Waals surface area contributed by atoms with Gasteiger partial charge in [0.1, 0.15) is 5.58 Å². The third kappa shape index (κ3) is 1.55. The van der Waals surface area contributed by atoms with E-state index in [9.17, 15) is 0 Å². The van der Waals surface area contributed by atoms with Crippen molar-refractivity contribution in [2.24, 2.45) is 11.7 Å². The molecular formula is C13H17NO. The Balaban J connectivity index is 2.65. The number of hydrogen-bond donors (Lipinski definition) is 1. The predicted molar refractivity (Wildman–Crippen MR) is 62.6 cm³/mol. The monoisotopic (exact) mass is 203 g/mol. The van der Waals surface area contributed by atoms with E-state index in [0.29, 0.717) is 5.92 Å². The highest BCUT2D eigenvalue weighted by atomic mass is 16.3. The quantitative estimate of drug-likeness (QED) is 0.813. The van der Waals surface area contributed by atoms with Crippen LogP contribution >= 0.6 is 0 Å². The zero-order chi connectivity index (χ0) is 11.1. The van der Waals surface area contributed by atoms with Crippen molar-refractivity contribution >= 4 is 11.0 Å². The van der Waals surface area contributed by atoms with Gasteiger partial charge < -0.3 is 10.2 Å². The van der Waals surface area contributed by atoms with Crippen molar-refractivity contribution in [3.8, 4) is 0 Å². The van der Waals surface area contributed by atoms with E-state index in [-0.39, 0.29) is 5.54 Å². The first kappa shape index (κ1) is 10.2. The molecule has 2 aromatic rings. The molecule has 15 heavy (non-hydrogen) atoms. The Kier molecular flexibility index (Phi) is 2.31. The average Bonchev–Trinajstić information content (AvgIpc) is 2.64. The van der Waals surface area contributed by atoms with Gasteiger partial charge in [-0.2, -0.15) is 0 Å². The molecule has 2 N–H and O–H groups in total. The number of fused-ring (bicyclic) bond motifs is 1. The molecule has 1 aromatic carbocycles. The molecule has 1 unspecified atom stereocenters. The highest BCUT2D eigenvalue weighted by Gasteiger charge is 2.28. The van der Waals surface area contributed by atoms with E-state index in [1.165, 1.54) is 0 Å². The molecule has 0 amide bonds. The van der Waals surface area contributed by atoms with Crippen molar-refractivity contribution in [2.45, 2.75) is 26.3 Å². The minimum atomic E-state index is -0.350. The predicted octanol–water partition coefficient (Wildman–Crippen LogP) is 3.26. The van der Waals surface area contributed by atoms with Gasteiger partial charge in [-0.1, -0.05) is 32.0 Å². The molecule has 0 spiro atoms. The molecule has 1 atom stereocenters. The molecule has 0 saturated carbocycles. The first-order valence-corrected chi connectivity index (χ1v) is 5.29. The first-order chi connectivity index (χ1) is 7.03. The van der Waals surface area contributed by atoms with Crippen LogP contribution in [0.3, 0.4) is 0 Å². The molecule has 0 aliphatic carbocycles. The van der Waals surface area contributed by atoms with Crippen molar-refractivity contribution < 1.29 is 4.42 Å². The van der Waals surface area contributed by atoms with Crippen molar-refractivity contribution in [1.82, 2.24) is 0 Å². The Labute approximate surface area is 90.1 Å². The summed E-state index contributed by atoms with van der Waals surface area (Å²) in [4.78, 5) is 0. The Hall–Kier alpha value is -1.28. The second kappa shape index (κ2) is 3.38. The van der Waals surface area contributed by atoms with Crippen LogP contribution in [-0.4, -0.2) is 0 Å². The summed E-state index contributed by atoms with van der Waals surface area (Å²) in [6.07, 6.45) is 1.71. The third-order valence-corrected chi connectivity index (χ3v) is 3.26. The lowest BCUT2D eigenvalue weighted by Gasteiger charge is -2.29. The van der Waals surface area contributed by atoms with E-state index in [4.69, 9.17) is 10.2 Å². The van der Waals surface area contributed by atoms with Crippen LogP contribution in [0, 0.1) is 5.92 Å². The highest BCUT2D eigenvalue weighted by molar-refractivity contribution is 5.81. The average molecular weight is 203 g/mol. The summed E-state index contributed by atoms with van der Waals surface area (Å²) in [5.74, 6) is 0.369. The molecule has 0 aliphatic heterocycles. The van der Waals surface area contributed by atoms with E-state index in [1.54, 1.807) is 6.26 Å². The fourth-order valence-electron chi connectivity index (χ4n) is 1.73. The lowest BCUT2D eigenvalue weighted by molar-refractivity contribution is 0.349. The molecule has 0 aliphatic rings. The van der Waals surface area contributed by atoms with Gasteiger partial charge in [0.25, 0.3) is 0 Å². The molecule has 0 fully saturated rings. The third-order valence-electron chi connectivity index (χ3n) is 3.26. The van der Waals surface area contributed by atoms with Crippen molar-refractivity contribution in [3.63, 3.8) is 0 Å². The summed E-state index contributed by atoms with van der Waals surface area (Å²) in [5.41, 5.74) is 7.99. The SMILES string of the molecule is CC(C)C(C)(N)c1cccc2ccoc12. The molecule has 2 nitrogen and oxygen atoms in total. The zero-order valence-electron chi connectivity index (χ0n) is 9.45. The Bertz CT molecular complexity index is 468. The molecule has 0 bridgehead atoms. The molecule has 1 aromatic heterocycles. The number of hydrogen-bond acceptors (Lipinski definition) is 2. The van der Waals surface area contributed by atoms with E-state index in [1.807, 2.05) is 24.3 Å². The number of nitrogens with two attached hydrogens (primary N) is 1. The molecule has 2 heteroatoms. The van der Waals surface area contributed by atoms with E-state index < -0.39 is 0 Å². The largest absolute Gasteiger partial charge is 0.464 e. The van der Waals surface area contributed by atoms with E-state index >= 15 is 0 Å². The molecule has 2 rings (SSSR count). The fraction of sp³-hybridized carbons (Fsp3) is 0.385. The second-order valence-corrected chi connectivity index (χ2v) is 4.58. The molecule has 0 radical (unpaired) electrons. The van der Waals surface area contributed by atoms with Crippen LogP contribution in [0.15, 0.2) is 34.9 Å². The standard InChI is InChI=1S/C13H17NO/c1-9(2)13(3,14)11-6-4-5-10-7-8-15-12(10)11/h4-9H,14H2,1-3H3. The summed E-state index contributed by atoms with van der Waals surface area (Å²) in [6.45, 7) is 6.30. The lowest BCUT2D eigenvalue weighted by Crippen LogP contribution is -2.38. The summed E-state index contributed by atoms with van der Waals surface area (Å²) >= 11 is 0. The maximum atomic E-state index is 6.35. The summed E-state index contributed by atoms with van der Waals surface area (Å²) < 4.78 is 5.51. The molecule has 0 saturated heterocycles. The van der Waals surface area contributed by atoms with Gasteiger partial charge in [-0.25, -0.2) is 0 Å². The summed E-state index contributed by atoms with van der Waals surface area (Å²) in [6, 6.07) is 8.08. The highest BCUT2D eigenvalue weighted by Crippen LogP contribution is 2.32. The van der Waals surface area contributed by atoms with Gasteiger partial charge in [0.05, 0.1) is 6.26 Å². The second-order valence-electron chi connectivity index (χ2n) is 4.58. The normalized spacial score (nSPS) is 15.8. The number of furan rings is 1. The molecular weight excluding hydrogens is 186 g/mol. The van der Waals surface area contributed by atoms with Crippen molar-refractivity contribution in [3.05, 3.63) is 36.1 Å². The Morgan fingerprint density at radius 1 is 1.27 bits per heavy atom. The van der Waals surface area contributed by atoms with Gasteiger partial charge in [0, 0.05) is 16.5 Å². The van der Waals surface area contributed by atoms with Crippen LogP contribution < -0.4 is 5.73 Å². The minimum Gasteiger partial charge on any atom is -0.464 e. The van der Waals surface area contributed by atoms with Crippen LogP contribution in [0.1, 0.15) is 26.3 Å². The number of rotatable bonds is 2. The molecule has 80 valence electrons. The van der Waals surface area contributed by atoms with Crippen molar-refractivity contribution in [1.29, 1.82) is 0 Å². The van der Waals surface area contributed by atoms with Crippen LogP contribution in [0.2, 0.25) is 0 Å². The maximum Gasteiger partial charge on any atom is 0.138 e. The minimum absolute atomic E-state index is 0.350. The number of benzene rings is 1. The summed E-state index contributed by atoms with van der Waals surface area (Å²) in [5, 5.41) is 1.12. The smallest absolute Gasteiger partial charge is 0.138 e. The van der Waals surface area contributed by atoms with E-state index in [0.717, 1.165) is 16.5 Å². The maximum absolute atomic E-state index is 6.35. The van der Waals surface area contributed by atoms with Gasteiger partial charge in [-0.3, -0.25) is 0 Å². The zero-order valence-corrected chi connectivity index (χ0v) is 9.45. The van der Waals surface area contributed by atoms with E-state index in [2.05, 4.69) is 20.8 Å². The van der Waals surface area contributed by atoms with Crippen LogP contribution in [0.25, 0.3) is 11.0 Å². The Morgan fingerprint density at radius 2 is 2.00 bits per heavy atom. The Morgan fingerprint density at radius 3 is 2.67 bits per heavy atom. The topological polar surface area (TPSA) is 39.2 Å². The van der Waals surface area contributed by atoms with Crippen molar-refractivity contribution in [2.75, 3.05) is 0 Å². The van der Waals surface area contributed by atoms with Gasteiger partial charge in [-0.05, 0) is 18.9 Å². The first-order valence-electron chi connectivity index (χ1n) is 5.29. The van der Waals surface area contributed by atoms with Gasteiger partial charge in [-0.15, -0.1) is 0 Å². The number of para-hydroxylation sites is 1. The molecule has 1 heterocycles. The lowest BCUT2D eigenvalue weighted by atomic mass is 9.82. The fourth-order valence-corrected chi connectivity index (χ4v) is 1.73. The van der Waals surface area contributed by atoms with Gasteiger partial charge >= 0.3 is 0 Å².